The fourth-order valence-corrected chi connectivity index (χ4v) is 3.43. The molecule has 0 spiro atoms. The molecule has 1 N–H and O–H groups in total. The number of nitrogens with one attached hydrogen (secondary N) is 1. The molecule has 0 aliphatic heterocycles. The van der Waals surface area contributed by atoms with Crippen molar-refractivity contribution >= 4 is 11.6 Å². The Morgan fingerprint density at radius 3 is 2.50 bits per heavy atom. The highest BCUT2D eigenvalue weighted by Gasteiger charge is 2.14. The number of benzene rings is 2. The number of amides is 1. The minimum absolute atomic E-state index is 0.128. The van der Waals surface area contributed by atoms with Crippen molar-refractivity contribution in [2.45, 2.75) is 6.42 Å². The van der Waals surface area contributed by atoms with Crippen molar-refractivity contribution in [1.82, 2.24) is 25.1 Å². The smallest absolute Gasteiger partial charge is 0.231 e. The number of methoxy groups -OCH3 is 3. The second-order valence-electron chi connectivity index (χ2n) is 7.23. The summed E-state index contributed by atoms with van der Waals surface area (Å²) in [6.07, 6.45) is 0.216. The van der Waals surface area contributed by atoms with Gasteiger partial charge in [0.15, 0.2) is 23.0 Å². The molecule has 10 heteroatoms. The quantitative estimate of drug-likeness (QED) is 0.358. The van der Waals surface area contributed by atoms with Crippen LogP contribution in [0.2, 0.25) is 0 Å². The number of nitrogens with zero attached hydrogens (tertiary/aromatic N) is 4. The molecule has 2 heterocycles. The molecule has 176 valence electrons. The second kappa shape index (κ2) is 10.5. The lowest BCUT2D eigenvalue weighted by Crippen LogP contribution is -2.29. The Hall–Kier alpha value is -4.34. The van der Waals surface area contributed by atoms with Gasteiger partial charge in [-0.25, -0.2) is 0 Å². The van der Waals surface area contributed by atoms with Gasteiger partial charge in [-0.3, -0.25) is 4.79 Å². The molecule has 0 radical (unpaired) electrons. The van der Waals surface area contributed by atoms with Crippen LogP contribution >= 0.6 is 0 Å². The van der Waals surface area contributed by atoms with Crippen LogP contribution in [0.4, 0.5) is 0 Å². The lowest BCUT2D eigenvalue weighted by Gasteiger charge is -2.10. The molecule has 0 atom stereocenters. The molecule has 0 saturated heterocycles. The van der Waals surface area contributed by atoms with Crippen LogP contribution in [-0.2, 0) is 11.2 Å². The van der Waals surface area contributed by atoms with E-state index in [2.05, 4.69) is 20.6 Å². The van der Waals surface area contributed by atoms with E-state index in [1.54, 1.807) is 50.1 Å². The number of fused-ring (bicyclic) bond motifs is 1. The maximum absolute atomic E-state index is 12.3. The first kappa shape index (κ1) is 22.8. The summed E-state index contributed by atoms with van der Waals surface area (Å²) >= 11 is 0. The molecule has 0 fully saturated rings. The van der Waals surface area contributed by atoms with Crippen molar-refractivity contribution in [2.75, 3.05) is 34.5 Å². The van der Waals surface area contributed by atoms with Gasteiger partial charge in [-0.15, -0.1) is 15.3 Å². The van der Waals surface area contributed by atoms with Crippen LogP contribution in [0.5, 0.6) is 23.1 Å². The number of ether oxygens (including phenoxy) is 4. The van der Waals surface area contributed by atoms with Gasteiger partial charge in [0.25, 0.3) is 0 Å². The van der Waals surface area contributed by atoms with E-state index in [4.69, 9.17) is 18.9 Å². The van der Waals surface area contributed by atoms with Crippen LogP contribution in [0.15, 0.2) is 54.6 Å². The van der Waals surface area contributed by atoms with Crippen molar-refractivity contribution in [3.8, 4) is 34.5 Å². The Kier molecular flexibility index (Phi) is 7.07. The number of para-hydroxylation sites is 1. The van der Waals surface area contributed by atoms with E-state index in [-0.39, 0.29) is 18.9 Å². The number of aromatic nitrogens is 4. The van der Waals surface area contributed by atoms with E-state index in [1.807, 2.05) is 30.3 Å². The van der Waals surface area contributed by atoms with Crippen LogP contribution < -0.4 is 24.3 Å². The van der Waals surface area contributed by atoms with Gasteiger partial charge in [0.1, 0.15) is 12.4 Å². The first-order valence-electron chi connectivity index (χ1n) is 10.6. The highest BCUT2D eigenvalue weighted by atomic mass is 16.5. The number of hydrogen-bond acceptors (Lipinski definition) is 8. The normalized spacial score (nSPS) is 10.7. The monoisotopic (exact) mass is 463 g/mol. The summed E-state index contributed by atoms with van der Waals surface area (Å²) in [5.41, 5.74) is 2.17. The third kappa shape index (κ3) is 5.01. The topological polar surface area (TPSA) is 109 Å². The number of hydrogen-bond donors (Lipinski definition) is 1. The summed E-state index contributed by atoms with van der Waals surface area (Å²) in [4.78, 5) is 12.3. The highest BCUT2D eigenvalue weighted by Crippen LogP contribution is 2.29. The average Bonchev–Trinajstić information content (AvgIpc) is 3.29. The van der Waals surface area contributed by atoms with Gasteiger partial charge < -0.3 is 24.3 Å². The summed E-state index contributed by atoms with van der Waals surface area (Å²) < 4.78 is 23.3. The molecule has 0 aliphatic rings. The van der Waals surface area contributed by atoms with E-state index in [1.165, 1.54) is 0 Å². The fraction of sp³-hybridized carbons (Fsp3) is 0.250. The van der Waals surface area contributed by atoms with Crippen molar-refractivity contribution in [1.29, 1.82) is 0 Å². The van der Waals surface area contributed by atoms with Gasteiger partial charge in [-0.2, -0.15) is 4.52 Å². The predicted octanol–water partition coefficient (Wildman–Crippen LogP) is 2.55. The summed E-state index contributed by atoms with van der Waals surface area (Å²) in [5, 5.41) is 15.7. The zero-order chi connectivity index (χ0) is 23.9. The molecule has 0 saturated carbocycles. The van der Waals surface area contributed by atoms with Crippen LogP contribution in [0.3, 0.4) is 0 Å². The molecule has 0 aliphatic carbocycles. The molecule has 34 heavy (non-hydrogen) atoms. The Balaban J connectivity index is 1.35. The van der Waals surface area contributed by atoms with Crippen LogP contribution in [0.25, 0.3) is 17.0 Å². The second-order valence-corrected chi connectivity index (χ2v) is 7.23. The molecule has 0 unspecified atom stereocenters. The van der Waals surface area contributed by atoms with Crippen molar-refractivity contribution in [2.24, 2.45) is 0 Å². The maximum atomic E-state index is 12.3. The number of carbonyl (C=O) groups excluding carboxylic acids is 1. The summed E-state index contributed by atoms with van der Waals surface area (Å²) in [5.74, 6) is 2.67. The number of carbonyl (C=O) groups is 1. The minimum atomic E-state index is -0.128. The standard InChI is InChI=1S/C24H25N5O5/c1-31-18-7-5-4-6-17(18)24-27-26-21-10-11-23(28-29(21)24)34-13-12-25-22(30)15-16-8-9-19(32-2)20(14-16)33-3/h4-11,14H,12-13,15H2,1-3H3,(H,25,30). The van der Waals surface area contributed by atoms with Crippen LogP contribution in [-0.4, -0.2) is 60.2 Å². The number of rotatable bonds is 10. The van der Waals surface area contributed by atoms with Crippen molar-refractivity contribution in [3.05, 3.63) is 60.2 Å². The highest BCUT2D eigenvalue weighted by molar-refractivity contribution is 5.78. The van der Waals surface area contributed by atoms with Gasteiger partial charge in [0.2, 0.25) is 11.8 Å². The Labute approximate surface area is 196 Å². The summed E-state index contributed by atoms with van der Waals surface area (Å²) in [6.45, 7) is 0.579. The first-order chi connectivity index (χ1) is 16.6. The molecule has 4 rings (SSSR count). The Bertz CT molecular complexity index is 1290. The summed E-state index contributed by atoms with van der Waals surface area (Å²) in [6, 6.07) is 16.4. The van der Waals surface area contributed by atoms with E-state index in [9.17, 15) is 4.79 Å². The van der Waals surface area contributed by atoms with E-state index in [0.29, 0.717) is 41.1 Å². The molecule has 2 aromatic heterocycles. The molecule has 2 aromatic carbocycles. The average molecular weight is 463 g/mol. The Morgan fingerprint density at radius 2 is 1.71 bits per heavy atom. The van der Waals surface area contributed by atoms with Crippen LogP contribution in [0.1, 0.15) is 5.56 Å². The van der Waals surface area contributed by atoms with E-state index < -0.39 is 0 Å². The summed E-state index contributed by atoms with van der Waals surface area (Å²) in [7, 11) is 4.73. The van der Waals surface area contributed by atoms with Crippen molar-refractivity contribution < 1.29 is 23.7 Å². The third-order valence-electron chi connectivity index (χ3n) is 5.07. The molecular formula is C24H25N5O5. The first-order valence-corrected chi connectivity index (χ1v) is 10.6. The predicted molar refractivity (Wildman–Crippen MR) is 125 cm³/mol. The lowest BCUT2D eigenvalue weighted by atomic mass is 10.1. The van der Waals surface area contributed by atoms with Gasteiger partial charge >= 0.3 is 0 Å². The van der Waals surface area contributed by atoms with Gasteiger partial charge in [-0.05, 0) is 35.9 Å². The van der Waals surface area contributed by atoms with Crippen LogP contribution in [0, 0.1) is 0 Å². The van der Waals surface area contributed by atoms with Crippen molar-refractivity contribution in [3.63, 3.8) is 0 Å². The largest absolute Gasteiger partial charge is 0.496 e. The fourth-order valence-electron chi connectivity index (χ4n) is 3.43. The molecule has 0 bridgehead atoms. The zero-order valence-corrected chi connectivity index (χ0v) is 19.1. The Morgan fingerprint density at radius 1 is 0.912 bits per heavy atom. The molecule has 10 nitrogen and oxygen atoms in total. The van der Waals surface area contributed by atoms with Gasteiger partial charge in [0.05, 0.1) is 39.9 Å². The van der Waals surface area contributed by atoms with Gasteiger partial charge in [0, 0.05) is 6.07 Å². The molecule has 1 amide bonds. The molecule has 4 aromatic rings. The van der Waals surface area contributed by atoms with E-state index in [0.717, 1.165) is 11.1 Å². The third-order valence-corrected chi connectivity index (χ3v) is 5.07. The van der Waals surface area contributed by atoms with Gasteiger partial charge in [-0.1, -0.05) is 18.2 Å². The SMILES string of the molecule is COc1ccc(CC(=O)NCCOc2ccc3nnc(-c4ccccc4OC)n3n2)cc1OC. The maximum Gasteiger partial charge on any atom is 0.231 e. The molecular weight excluding hydrogens is 438 g/mol. The van der Waals surface area contributed by atoms with E-state index >= 15 is 0 Å². The lowest BCUT2D eigenvalue weighted by molar-refractivity contribution is -0.120. The minimum Gasteiger partial charge on any atom is -0.496 e. The zero-order valence-electron chi connectivity index (χ0n) is 19.1.